The lowest BCUT2D eigenvalue weighted by Crippen LogP contribution is -2.30. The first kappa shape index (κ1) is 37.3. The van der Waals surface area contributed by atoms with Gasteiger partial charge in [0.05, 0.1) is 25.7 Å². The highest BCUT2D eigenvalue weighted by Crippen LogP contribution is 2.20. The van der Waals surface area contributed by atoms with Crippen LogP contribution >= 0.6 is 0 Å². The van der Waals surface area contributed by atoms with Crippen LogP contribution < -0.4 is 19.5 Å². The summed E-state index contributed by atoms with van der Waals surface area (Å²) in [5, 5.41) is 18.4. The molecule has 256 valence electrons. The molecule has 4 aromatic rings. The molecule has 4 rings (SSSR count). The van der Waals surface area contributed by atoms with Crippen molar-refractivity contribution in [2.45, 2.75) is 32.7 Å². The Labute approximate surface area is 283 Å². The van der Waals surface area contributed by atoms with Gasteiger partial charge in [0.1, 0.15) is 17.2 Å². The van der Waals surface area contributed by atoms with Gasteiger partial charge in [0, 0.05) is 30.8 Å². The van der Waals surface area contributed by atoms with E-state index in [1.165, 1.54) is 0 Å². The van der Waals surface area contributed by atoms with Crippen LogP contribution in [-0.2, 0) is 27.3 Å². The van der Waals surface area contributed by atoms with Gasteiger partial charge in [-0.15, -0.1) is 0 Å². The van der Waals surface area contributed by atoms with Gasteiger partial charge in [-0.3, -0.25) is 19.2 Å². The van der Waals surface area contributed by atoms with Crippen LogP contribution in [0.1, 0.15) is 51.6 Å². The lowest BCUT2D eigenvalue weighted by Gasteiger charge is -2.21. The Morgan fingerprint density at radius 3 is 1.90 bits per heavy atom. The number of carboxylic acid groups (broad SMARTS) is 2. The monoisotopic (exact) mass is 670 g/mol. The number of amides is 2. The Kier molecular flexibility index (Phi) is 14.8. The summed E-state index contributed by atoms with van der Waals surface area (Å²) in [5.41, 5.74) is 3.16. The molecular weight excluding hydrogens is 632 g/mol. The normalized spacial score (nSPS) is 10.1. The molecule has 0 saturated carbocycles. The number of carboxylic acids is 1. The van der Waals surface area contributed by atoms with Crippen molar-refractivity contribution in [3.05, 3.63) is 119 Å². The van der Waals surface area contributed by atoms with E-state index in [-0.39, 0.29) is 37.7 Å². The highest BCUT2D eigenvalue weighted by molar-refractivity contribution is 5.96. The molecule has 0 spiro atoms. The fourth-order valence-corrected chi connectivity index (χ4v) is 4.49. The van der Waals surface area contributed by atoms with E-state index in [2.05, 4.69) is 5.32 Å². The minimum absolute atomic E-state index is 0.0272. The Morgan fingerprint density at radius 2 is 1.33 bits per heavy atom. The standard InChI is InChI=1S/C36H36N2O8.CH2O2/c1-3-38(35(42)27-10-14-29(15-11-27)37-33(39)23-25-6-16-30(44-2)17-7-25)24-26-8-18-32(19-9-26)46-36(43)28-12-20-31(21-13-28)45-22-4-5-34(40)41;2-1-3/h6-21H,3-5,22-24H2,1-2H3,(H,37,39)(H,40,41);1H,(H,2,3). The molecule has 0 bridgehead atoms. The van der Waals surface area contributed by atoms with Crippen molar-refractivity contribution in [3.63, 3.8) is 0 Å². The third kappa shape index (κ3) is 12.5. The van der Waals surface area contributed by atoms with Crippen molar-refractivity contribution in [1.29, 1.82) is 0 Å². The Balaban J connectivity index is 0.00000209. The van der Waals surface area contributed by atoms with Gasteiger partial charge in [0.2, 0.25) is 5.91 Å². The molecule has 0 aliphatic carbocycles. The number of methoxy groups -OCH3 is 1. The van der Waals surface area contributed by atoms with Crippen molar-refractivity contribution in [3.8, 4) is 17.2 Å². The van der Waals surface area contributed by atoms with Crippen LogP contribution in [0.3, 0.4) is 0 Å². The molecule has 0 aliphatic rings. The summed E-state index contributed by atoms with van der Waals surface area (Å²) in [7, 11) is 1.59. The smallest absolute Gasteiger partial charge is 0.343 e. The second kappa shape index (κ2) is 19.5. The van der Waals surface area contributed by atoms with Crippen LogP contribution in [0.2, 0.25) is 0 Å². The van der Waals surface area contributed by atoms with E-state index in [1.807, 2.05) is 31.2 Å². The summed E-state index contributed by atoms with van der Waals surface area (Å²) in [6.07, 6.45) is 0.632. The zero-order valence-corrected chi connectivity index (χ0v) is 27.2. The third-order valence-corrected chi connectivity index (χ3v) is 7.01. The molecule has 4 aromatic carbocycles. The van der Waals surface area contributed by atoms with Crippen molar-refractivity contribution in [2.75, 3.05) is 25.6 Å². The van der Waals surface area contributed by atoms with Crippen LogP contribution in [0.4, 0.5) is 5.69 Å². The number of nitrogens with one attached hydrogen (secondary N) is 1. The van der Waals surface area contributed by atoms with Crippen molar-refractivity contribution in [1.82, 2.24) is 4.90 Å². The van der Waals surface area contributed by atoms with Crippen LogP contribution in [-0.4, -0.2) is 65.6 Å². The van der Waals surface area contributed by atoms with E-state index in [1.54, 1.807) is 84.8 Å². The molecule has 0 aliphatic heterocycles. The topological polar surface area (TPSA) is 169 Å². The van der Waals surface area contributed by atoms with Crippen LogP contribution in [0.25, 0.3) is 0 Å². The number of esters is 1. The van der Waals surface area contributed by atoms with E-state index in [4.69, 9.17) is 29.2 Å². The van der Waals surface area contributed by atoms with Gasteiger partial charge < -0.3 is 34.6 Å². The molecule has 3 N–H and O–H groups in total. The van der Waals surface area contributed by atoms with Crippen molar-refractivity contribution >= 4 is 35.9 Å². The van der Waals surface area contributed by atoms with Gasteiger partial charge in [-0.1, -0.05) is 24.3 Å². The number of carbonyl (C=O) groups is 5. The maximum absolute atomic E-state index is 13.2. The summed E-state index contributed by atoms with van der Waals surface area (Å²) in [5.74, 6) is -0.101. The molecule has 0 fully saturated rings. The fourth-order valence-electron chi connectivity index (χ4n) is 4.49. The maximum Gasteiger partial charge on any atom is 0.343 e. The summed E-state index contributed by atoms with van der Waals surface area (Å²) < 4.78 is 16.1. The lowest BCUT2D eigenvalue weighted by molar-refractivity contribution is -0.137. The van der Waals surface area contributed by atoms with Gasteiger partial charge in [-0.2, -0.15) is 0 Å². The number of nitrogens with zero attached hydrogens (tertiary/aromatic N) is 1. The number of anilines is 1. The molecule has 12 nitrogen and oxygen atoms in total. The summed E-state index contributed by atoms with van der Waals surface area (Å²) >= 11 is 0. The molecular formula is C37H38N2O10. The average Bonchev–Trinajstić information content (AvgIpc) is 3.10. The number of carbonyl (C=O) groups excluding carboxylic acids is 3. The molecule has 0 atom stereocenters. The molecule has 12 heteroatoms. The van der Waals surface area contributed by atoms with E-state index >= 15 is 0 Å². The highest BCUT2D eigenvalue weighted by atomic mass is 16.5. The number of hydrogen-bond acceptors (Lipinski definition) is 8. The van der Waals surface area contributed by atoms with Crippen LogP contribution in [0, 0.1) is 0 Å². The van der Waals surface area contributed by atoms with E-state index in [0.717, 1.165) is 16.9 Å². The van der Waals surface area contributed by atoms with Gasteiger partial charge in [-0.05, 0) is 97.3 Å². The first-order valence-corrected chi connectivity index (χ1v) is 15.3. The Hall–Kier alpha value is -6.17. The molecule has 0 unspecified atom stereocenters. The number of ether oxygens (including phenoxy) is 3. The molecule has 2 amide bonds. The number of hydrogen-bond donors (Lipinski definition) is 3. The summed E-state index contributed by atoms with van der Waals surface area (Å²) in [4.78, 5) is 58.9. The fraction of sp³-hybridized carbons (Fsp3) is 0.216. The Morgan fingerprint density at radius 1 is 0.776 bits per heavy atom. The SMILES string of the molecule is CCN(Cc1ccc(OC(=O)c2ccc(OCCCC(=O)O)cc2)cc1)C(=O)c1ccc(NC(=O)Cc2ccc(OC)cc2)cc1.O=CO. The van der Waals surface area contributed by atoms with E-state index in [0.29, 0.717) is 47.8 Å². The zero-order valence-electron chi connectivity index (χ0n) is 27.2. The van der Waals surface area contributed by atoms with Gasteiger partial charge >= 0.3 is 11.9 Å². The zero-order chi connectivity index (χ0) is 35.6. The van der Waals surface area contributed by atoms with E-state index < -0.39 is 11.9 Å². The minimum Gasteiger partial charge on any atom is -0.497 e. The largest absolute Gasteiger partial charge is 0.497 e. The van der Waals surface area contributed by atoms with Gasteiger partial charge in [0.15, 0.2) is 0 Å². The minimum atomic E-state index is -0.876. The first-order valence-electron chi connectivity index (χ1n) is 15.3. The van der Waals surface area contributed by atoms with E-state index in [9.17, 15) is 19.2 Å². The lowest BCUT2D eigenvalue weighted by atomic mass is 10.1. The molecule has 0 saturated heterocycles. The molecule has 0 heterocycles. The van der Waals surface area contributed by atoms with Crippen LogP contribution in [0.15, 0.2) is 97.1 Å². The predicted molar refractivity (Wildman–Crippen MR) is 181 cm³/mol. The van der Waals surface area contributed by atoms with Crippen LogP contribution in [0.5, 0.6) is 17.2 Å². The molecule has 0 aromatic heterocycles. The van der Waals surface area contributed by atoms with Crippen molar-refractivity contribution in [2.24, 2.45) is 0 Å². The maximum atomic E-state index is 13.2. The van der Waals surface area contributed by atoms with Gasteiger partial charge in [0.25, 0.3) is 12.4 Å². The second-order valence-electron chi connectivity index (χ2n) is 10.5. The number of aliphatic carboxylic acids is 1. The highest BCUT2D eigenvalue weighted by Gasteiger charge is 2.16. The molecule has 0 radical (unpaired) electrons. The predicted octanol–water partition coefficient (Wildman–Crippen LogP) is 5.70. The third-order valence-electron chi connectivity index (χ3n) is 7.01. The molecule has 49 heavy (non-hydrogen) atoms. The average molecular weight is 671 g/mol. The number of benzene rings is 4. The first-order chi connectivity index (χ1) is 23.6. The second-order valence-corrected chi connectivity index (χ2v) is 10.5. The quantitative estimate of drug-likeness (QED) is 0.0617. The van der Waals surface area contributed by atoms with Gasteiger partial charge in [-0.25, -0.2) is 4.79 Å². The summed E-state index contributed by atoms with van der Waals surface area (Å²) in [6, 6.07) is 27.5. The van der Waals surface area contributed by atoms with Crippen molar-refractivity contribution < 1.29 is 48.4 Å². The number of rotatable bonds is 15. The Bertz CT molecular complexity index is 1670. The summed E-state index contributed by atoms with van der Waals surface area (Å²) in [6.45, 7) is 2.75.